The summed E-state index contributed by atoms with van der Waals surface area (Å²) in [6.07, 6.45) is 1.25. The lowest BCUT2D eigenvalue weighted by Crippen LogP contribution is -2.47. The Hall–Kier alpha value is -3.81. The van der Waals surface area contributed by atoms with Gasteiger partial charge in [-0.2, -0.15) is 0 Å². The minimum absolute atomic E-state index is 0.0668. The highest BCUT2D eigenvalue weighted by Gasteiger charge is 2.64. The Balaban J connectivity index is 1.25. The van der Waals surface area contributed by atoms with Gasteiger partial charge in [0.25, 0.3) is 5.91 Å². The summed E-state index contributed by atoms with van der Waals surface area (Å²) in [5.74, 6) is -0.578. The van der Waals surface area contributed by atoms with Gasteiger partial charge in [0.15, 0.2) is 5.76 Å². The molecule has 0 spiro atoms. The summed E-state index contributed by atoms with van der Waals surface area (Å²) in [4.78, 5) is 38.2. The third-order valence-electron chi connectivity index (χ3n) is 6.30. The van der Waals surface area contributed by atoms with Crippen molar-refractivity contribution in [1.29, 1.82) is 0 Å². The van der Waals surface area contributed by atoms with E-state index < -0.39 is 23.8 Å². The molecular formula is C24H22N2O6. The third kappa shape index (κ3) is 3.57. The SMILES string of the molecule is C[C@@]12C[C@@H]1N(C(=O)CNC(=O)c1cc3cc(Oc4ccccc4)ccc3o1)[C@H](C(=O)O)C2. The molecule has 2 heterocycles. The molecule has 3 atom stereocenters. The van der Waals surface area contributed by atoms with Crippen molar-refractivity contribution in [2.75, 3.05) is 6.54 Å². The zero-order chi connectivity index (χ0) is 22.5. The van der Waals surface area contributed by atoms with Crippen LogP contribution in [0, 0.1) is 5.41 Å². The maximum atomic E-state index is 12.7. The van der Waals surface area contributed by atoms with Crippen molar-refractivity contribution in [3.05, 3.63) is 60.4 Å². The summed E-state index contributed by atoms with van der Waals surface area (Å²) < 4.78 is 11.4. The molecule has 1 aromatic heterocycles. The number of piperidine rings is 1. The van der Waals surface area contributed by atoms with Crippen LogP contribution < -0.4 is 10.1 Å². The molecule has 2 amide bonds. The standard InChI is InChI=1S/C24H22N2O6/c1-24-11-17(23(29)30)26(20(24)12-24)21(27)13-25-22(28)19-10-14-9-16(7-8-18(14)32-19)31-15-5-3-2-4-6-15/h2-10,17,20H,11-13H2,1H3,(H,25,28)(H,29,30)/t17-,20-,24+/m0/s1. The number of benzene rings is 2. The smallest absolute Gasteiger partial charge is 0.326 e. The normalized spacial score (nSPS) is 23.6. The summed E-state index contributed by atoms with van der Waals surface area (Å²) in [7, 11) is 0. The second-order valence-corrected chi connectivity index (χ2v) is 8.64. The quantitative estimate of drug-likeness (QED) is 0.615. The molecule has 0 radical (unpaired) electrons. The van der Waals surface area contributed by atoms with Crippen LogP contribution in [0.25, 0.3) is 11.0 Å². The van der Waals surface area contributed by atoms with E-state index >= 15 is 0 Å². The number of nitrogens with zero attached hydrogens (tertiary/aromatic N) is 1. The van der Waals surface area contributed by atoms with Crippen LogP contribution in [-0.4, -0.2) is 46.4 Å². The summed E-state index contributed by atoms with van der Waals surface area (Å²) in [5, 5.41) is 12.7. The summed E-state index contributed by atoms with van der Waals surface area (Å²) in [5.41, 5.74) is 0.391. The van der Waals surface area contributed by atoms with Gasteiger partial charge >= 0.3 is 5.97 Å². The Morgan fingerprint density at radius 1 is 1.12 bits per heavy atom. The molecule has 164 valence electrons. The molecule has 2 fully saturated rings. The molecule has 32 heavy (non-hydrogen) atoms. The van der Waals surface area contributed by atoms with Crippen molar-refractivity contribution in [1.82, 2.24) is 10.2 Å². The lowest BCUT2D eigenvalue weighted by atomic mass is 10.0. The minimum atomic E-state index is -1.01. The van der Waals surface area contributed by atoms with E-state index in [0.29, 0.717) is 28.9 Å². The Morgan fingerprint density at radius 2 is 1.91 bits per heavy atom. The van der Waals surface area contributed by atoms with Crippen molar-refractivity contribution in [2.45, 2.75) is 31.8 Å². The molecule has 0 unspecified atom stereocenters. The van der Waals surface area contributed by atoms with Crippen LogP contribution in [0.5, 0.6) is 11.5 Å². The first-order valence-electron chi connectivity index (χ1n) is 10.4. The van der Waals surface area contributed by atoms with E-state index in [0.717, 1.165) is 6.42 Å². The van der Waals surface area contributed by atoms with Crippen LogP contribution in [0.15, 0.2) is 59.0 Å². The van der Waals surface area contributed by atoms with Crippen molar-refractivity contribution in [3.63, 3.8) is 0 Å². The molecule has 3 aromatic rings. The number of carboxylic acid groups (broad SMARTS) is 1. The number of furan rings is 1. The predicted molar refractivity (Wildman–Crippen MR) is 114 cm³/mol. The van der Waals surface area contributed by atoms with Crippen molar-refractivity contribution in [3.8, 4) is 11.5 Å². The van der Waals surface area contributed by atoms with Gasteiger partial charge in [0.1, 0.15) is 23.1 Å². The fourth-order valence-electron chi connectivity index (χ4n) is 4.50. The fraction of sp³-hybridized carbons (Fsp3) is 0.292. The van der Waals surface area contributed by atoms with Gasteiger partial charge in [-0.1, -0.05) is 25.1 Å². The van der Waals surface area contributed by atoms with Gasteiger partial charge in [0, 0.05) is 11.4 Å². The van der Waals surface area contributed by atoms with Crippen LogP contribution in [0.4, 0.5) is 0 Å². The maximum absolute atomic E-state index is 12.7. The fourth-order valence-corrected chi connectivity index (χ4v) is 4.50. The van der Waals surface area contributed by atoms with E-state index in [-0.39, 0.29) is 23.8 Å². The van der Waals surface area contributed by atoms with Gasteiger partial charge in [-0.05, 0) is 54.7 Å². The average Bonchev–Trinajstić information content (AvgIpc) is 3.11. The van der Waals surface area contributed by atoms with E-state index in [9.17, 15) is 19.5 Å². The number of ether oxygens (including phenoxy) is 1. The van der Waals surface area contributed by atoms with E-state index in [1.165, 1.54) is 4.90 Å². The molecule has 1 aliphatic carbocycles. The molecule has 1 saturated heterocycles. The number of hydrogen-bond acceptors (Lipinski definition) is 5. The predicted octanol–water partition coefficient (Wildman–Crippen LogP) is 3.42. The van der Waals surface area contributed by atoms with Gasteiger partial charge in [-0.15, -0.1) is 0 Å². The number of rotatable bonds is 6. The van der Waals surface area contributed by atoms with Crippen LogP contribution in [0.2, 0.25) is 0 Å². The monoisotopic (exact) mass is 434 g/mol. The third-order valence-corrected chi connectivity index (χ3v) is 6.30. The number of likely N-dealkylation sites (tertiary alicyclic amines) is 1. The van der Waals surface area contributed by atoms with E-state index in [2.05, 4.69) is 5.32 Å². The Morgan fingerprint density at radius 3 is 2.66 bits per heavy atom. The van der Waals surface area contributed by atoms with Crippen LogP contribution in [-0.2, 0) is 9.59 Å². The van der Waals surface area contributed by atoms with Gasteiger partial charge in [0.05, 0.1) is 6.54 Å². The van der Waals surface area contributed by atoms with Gasteiger partial charge in [-0.3, -0.25) is 9.59 Å². The first-order chi connectivity index (χ1) is 15.3. The number of aliphatic carboxylic acids is 1. The average molecular weight is 434 g/mol. The van der Waals surface area contributed by atoms with Crippen molar-refractivity contribution >= 4 is 28.8 Å². The van der Waals surface area contributed by atoms with E-state index in [4.69, 9.17) is 9.15 Å². The van der Waals surface area contributed by atoms with Crippen LogP contribution in [0.1, 0.15) is 30.3 Å². The van der Waals surface area contributed by atoms with Crippen LogP contribution in [0.3, 0.4) is 0 Å². The Kier molecular flexibility index (Phi) is 4.65. The van der Waals surface area contributed by atoms with E-state index in [1.807, 2.05) is 37.3 Å². The number of amides is 2. The van der Waals surface area contributed by atoms with E-state index in [1.54, 1.807) is 24.3 Å². The molecule has 8 heteroatoms. The Labute approximate surface area is 183 Å². The number of nitrogens with one attached hydrogen (secondary N) is 1. The zero-order valence-corrected chi connectivity index (χ0v) is 17.4. The molecule has 1 saturated carbocycles. The maximum Gasteiger partial charge on any atom is 0.326 e. The second-order valence-electron chi connectivity index (χ2n) is 8.64. The van der Waals surface area contributed by atoms with Crippen LogP contribution >= 0.6 is 0 Å². The largest absolute Gasteiger partial charge is 0.480 e. The van der Waals surface area contributed by atoms with Gasteiger partial charge < -0.3 is 24.5 Å². The molecule has 1 aliphatic heterocycles. The highest BCUT2D eigenvalue weighted by molar-refractivity contribution is 5.98. The lowest BCUT2D eigenvalue weighted by Gasteiger charge is -2.24. The molecular weight excluding hydrogens is 412 g/mol. The number of carbonyl (C=O) groups excluding carboxylic acids is 2. The lowest BCUT2D eigenvalue weighted by molar-refractivity contribution is -0.149. The summed E-state index contributed by atoms with van der Waals surface area (Å²) in [6, 6.07) is 15.2. The number of para-hydroxylation sites is 1. The number of carboxylic acids is 1. The minimum Gasteiger partial charge on any atom is -0.480 e. The Bertz CT molecular complexity index is 1220. The molecule has 2 N–H and O–H groups in total. The topological polar surface area (TPSA) is 109 Å². The first-order valence-corrected chi connectivity index (χ1v) is 10.4. The second kappa shape index (κ2) is 7.40. The molecule has 0 bridgehead atoms. The molecule has 5 rings (SSSR count). The molecule has 2 aromatic carbocycles. The summed E-state index contributed by atoms with van der Waals surface area (Å²) in [6.45, 7) is 1.71. The molecule has 8 nitrogen and oxygen atoms in total. The van der Waals surface area contributed by atoms with Gasteiger partial charge in [0.2, 0.25) is 5.91 Å². The highest BCUT2D eigenvalue weighted by Crippen LogP contribution is 2.59. The first kappa shape index (κ1) is 20.1. The van der Waals surface area contributed by atoms with Gasteiger partial charge in [-0.25, -0.2) is 4.79 Å². The number of carbonyl (C=O) groups is 3. The summed E-state index contributed by atoms with van der Waals surface area (Å²) >= 11 is 0. The number of hydrogen-bond donors (Lipinski definition) is 2. The molecule has 2 aliphatic rings. The zero-order valence-electron chi connectivity index (χ0n) is 17.4. The van der Waals surface area contributed by atoms with Crippen molar-refractivity contribution in [2.24, 2.45) is 5.41 Å². The highest BCUT2D eigenvalue weighted by atomic mass is 16.5. The van der Waals surface area contributed by atoms with Crippen molar-refractivity contribution < 1.29 is 28.6 Å². The number of fused-ring (bicyclic) bond motifs is 2.